The molecule has 0 spiro atoms. The Morgan fingerprint density at radius 3 is 2.41 bits per heavy atom. The van der Waals surface area contributed by atoms with E-state index in [1.807, 2.05) is 6.08 Å². The van der Waals surface area contributed by atoms with Crippen molar-refractivity contribution in [2.45, 2.75) is 39.5 Å². The highest BCUT2D eigenvalue weighted by atomic mass is 79.9. The maximum Gasteiger partial charge on any atom is 0.191 e. The van der Waals surface area contributed by atoms with Crippen molar-refractivity contribution in [2.24, 2.45) is 28.4 Å². The van der Waals surface area contributed by atoms with Crippen molar-refractivity contribution in [2.75, 3.05) is 0 Å². The van der Waals surface area contributed by atoms with Crippen LogP contribution < -0.4 is 5.73 Å². The first-order valence-electron chi connectivity index (χ1n) is 9.49. The van der Waals surface area contributed by atoms with Crippen LogP contribution in [0, 0.1) is 62.5 Å². The van der Waals surface area contributed by atoms with E-state index in [0.29, 0.717) is 10.9 Å². The quantitative estimate of drug-likeness (QED) is 0.611. The molecule has 0 amide bonds. The van der Waals surface area contributed by atoms with Crippen LogP contribution in [0.3, 0.4) is 0 Å². The summed E-state index contributed by atoms with van der Waals surface area (Å²) in [6, 6.07) is 10.8. The summed E-state index contributed by atoms with van der Waals surface area (Å²) in [5.74, 6) is -1.37. The number of halogens is 2. The van der Waals surface area contributed by atoms with Gasteiger partial charge in [-0.05, 0) is 59.4 Å². The third-order valence-corrected chi connectivity index (χ3v) is 6.89. The van der Waals surface area contributed by atoms with E-state index in [1.165, 1.54) is 6.07 Å². The Morgan fingerprint density at radius 2 is 1.86 bits per heavy atom. The summed E-state index contributed by atoms with van der Waals surface area (Å²) in [5.41, 5.74) is 5.57. The standard InChI is InChI=1S/C23H22BrFN4/c1-22(2,3)13-4-6-15-16(8-13)20(17-9-14(24)5-7-19(17)25)23(11-27,12-28)21(29)18(15)10-26/h5-7,9,13,16,20H,4,8,29H2,1-3H3. The van der Waals surface area contributed by atoms with Gasteiger partial charge < -0.3 is 5.73 Å². The number of allylic oxidation sites excluding steroid dienone is 4. The molecule has 0 aromatic heterocycles. The van der Waals surface area contributed by atoms with E-state index in [1.54, 1.807) is 12.1 Å². The highest BCUT2D eigenvalue weighted by molar-refractivity contribution is 9.10. The molecule has 0 saturated heterocycles. The Balaban J connectivity index is 2.35. The van der Waals surface area contributed by atoms with Gasteiger partial charge in [0.1, 0.15) is 11.9 Å². The lowest BCUT2D eigenvalue weighted by Crippen LogP contribution is -2.44. The molecular formula is C23H22BrFN4. The summed E-state index contributed by atoms with van der Waals surface area (Å²) in [5, 5.41) is 29.9. The number of nitrogens with two attached hydrogens (primary N) is 1. The molecule has 3 rings (SSSR count). The topological polar surface area (TPSA) is 97.4 Å². The summed E-state index contributed by atoms with van der Waals surface area (Å²) in [6.45, 7) is 6.43. The van der Waals surface area contributed by atoms with E-state index in [2.05, 4.69) is 54.9 Å². The molecule has 0 bridgehead atoms. The van der Waals surface area contributed by atoms with Crippen molar-refractivity contribution < 1.29 is 4.39 Å². The molecule has 4 nitrogen and oxygen atoms in total. The summed E-state index contributed by atoms with van der Waals surface area (Å²) in [7, 11) is 0. The minimum atomic E-state index is -1.81. The Kier molecular flexibility index (Phi) is 5.33. The van der Waals surface area contributed by atoms with Crippen LogP contribution in [0.5, 0.6) is 0 Å². The smallest absolute Gasteiger partial charge is 0.191 e. The Hall–Kier alpha value is -2.62. The van der Waals surface area contributed by atoms with Gasteiger partial charge in [-0.2, -0.15) is 15.8 Å². The number of fused-ring (bicyclic) bond motifs is 1. The van der Waals surface area contributed by atoms with Crippen LogP contribution >= 0.6 is 15.9 Å². The first kappa shape index (κ1) is 21.1. The minimum Gasteiger partial charge on any atom is -0.399 e. The molecule has 29 heavy (non-hydrogen) atoms. The molecule has 1 aromatic rings. The number of hydrogen-bond donors (Lipinski definition) is 1. The fourth-order valence-corrected chi connectivity index (χ4v) is 5.07. The van der Waals surface area contributed by atoms with Crippen molar-refractivity contribution in [3.05, 3.63) is 57.0 Å². The maximum absolute atomic E-state index is 15.0. The zero-order chi connectivity index (χ0) is 21.6. The summed E-state index contributed by atoms with van der Waals surface area (Å²) >= 11 is 3.37. The Labute approximate surface area is 179 Å². The molecule has 0 heterocycles. The van der Waals surface area contributed by atoms with Crippen LogP contribution in [0.25, 0.3) is 0 Å². The van der Waals surface area contributed by atoms with Crippen molar-refractivity contribution in [1.82, 2.24) is 0 Å². The van der Waals surface area contributed by atoms with Gasteiger partial charge in [0, 0.05) is 10.4 Å². The molecule has 1 aromatic carbocycles. The van der Waals surface area contributed by atoms with E-state index in [0.717, 1.165) is 12.0 Å². The van der Waals surface area contributed by atoms with Gasteiger partial charge in [-0.15, -0.1) is 0 Å². The molecule has 2 aliphatic carbocycles. The van der Waals surface area contributed by atoms with Crippen LogP contribution in [-0.2, 0) is 0 Å². The maximum atomic E-state index is 15.0. The second-order valence-corrected chi connectivity index (χ2v) is 9.79. The molecule has 0 aliphatic heterocycles. The lowest BCUT2D eigenvalue weighted by atomic mass is 9.54. The van der Waals surface area contributed by atoms with Crippen molar-refractivity contribution >= 4 is 15.9 Å². The third-order valence-electron chi connectivity index (χ3n) is 6.39. The average Bonchev–Trinajstić information content (AvgIpc) is 2.68. The fourth-order valence-electron chi connectivity index (χ4n) is 4.69. The Bertz CT molecular complexity index is 1030. The van der Waals surface area contributed by atoms with Crippen molar-refractivity contribution in [3.63, 3.8) is 0 Å². The van der Waals surface area contributed by atoms with E-state index >= 15 is 0 Å². The lowest BCUT2D eigenvalue weighted by molar-refractivity contribution is 0.169. The second-order valence-electron chi connectivity index (χ2n) is 8.88. The van der Waals surface area contributed by atoms with Crippen LogP contribution in [0.2, 0.25) is 0 Å². The largest absolute Gasteiger partial charge is 0.399 e. The van der Waals surface area contributed by atoms with E-state index in [9.17, 15) is 20.2 Å². The summed E-state index contributed by atoms with van der Waals surface area (Å²) in [4.78, 5) is 0. The van der Waals surface area contributed by atoms with Crippen LogP contribution in [-0.4, -0.2) is 0 Å². The SMILES string of the molecule is CC(C)(C)C1CC=C2C(C#N)=C(N)C(C#N)(C#N)C(c3cc(Br)ccc3F)C2C1. The third kappa shape index (κ3) is 3.25. The van der Waals surface area contributed by atoms with Gasteiger partial charge in [0.15, 0.2) is 5.41 Å². The van der Waals surface area contributed by atoms with Gasteiger partial charge in [-0.25, -0.2) is 4.39 Å². The highest BCUT2D eigenvalue weighted by Gasteiger charge is 2.55. The molecular weight excluding hydrogens is 431 g/mol. The van der Waals surface area contributed by atoms with Gasteiger partial charge >= 0.3 is 0 Å². The molecule has 6 heteroatoms. The molecule has 3 atom stereocenters. The molecule has 2 N–H and O–H groups in total. The number of nitriles is 3. The van der Waals surface area contributed by atoms with Crippen LogP contribution in [0.1, 0.15) is 45.1 Å². The lowest BCUT2D eigenvalue weighted by Gasteiger charge is -2.47. The van der Waals surface area contributed by atoms with Crippen LogP contribution in [0.4, 0.5) is 4.39 Å². The predicted octanol–water partition coefficient (Wildman–Crippen LogP) is 5.45. The van der Waals surface area contributed by atoms with E-state index in [4.69, 9.17) is 5.73 Å². The normalized spacial score (nSPS) is 25.9. The number of benzene rings is 1. The summed E-state index contributed by atoms with van der Waals surface area (Å²) < 4.78 is 15.6. The van der Waals surface area contributed by atoms with Gasteiger partial charge in [-0.3, -0.25) is 0 Å². The van der Waals surface area contributed by atoms with Crippen molar-refractivity contribution in [3.8, 4) is 18.2 Å². The zero-order valence-corrected chi connectivity index (χ0v) is 18.2. The van der Waals surface area contributed by atoms with Gasteiger partial charge in [-0.1, -0.05) is 42.8 Å². The zero-order valence-electron chi connectivity index (χ0n) is 16.6. The molecule has 0 radical (unpaired) electrons. The number of hydrogen-bond acceptors (Lipinski definition) is 4. The first-order chi connectivity index (χ1) is 13.6. The summed E-state index contributed by atoms with van der Waals surface area (Å²) in [6.07, 6.45) is 3.42. The number of rotatable bonds is 1. The first-order valence-corrected chi connectivity index (χ1v) is 10.3. The predicted molar refractivity (Wildman–Crippen MR) is 111 cm³/mol. The molecule has 0 fully saturated rings. The molecule has 0 saturated carbocycles. The van der Waals surface area contributed by atoms with Gasteiger partial charge in [0.05, 0.1) is 23.4 Å². The van der Waals surface area contributed by atoms with Crippen LogP contribution in [0.15, 0.2) is 45.6 Å². The average molecular weight is 453 g/mol. The van der Waals surface area contributed by atoms with Crippen molar-refractivity contribution in [1.29, 1.82) is 15.8 Å². The van der Waals surface area contributed by atoms with E-state index in [-0.39, 0.29) is 34.1 Å². The Morgan fingerprint density at radius 1 is 1.21 bits per heavy atom. The fraction of sp³-hybridized carbons (Fsp3) is 0.435. The number of nitrogens with zero attached hydrogens (tertiary/aromatic N) is 3. The van der Waals surface area contributed by atoms with Gasteiger partial charge in [0.2, 0.25) is 0 Å². The molecule has 2 aliphatic rings. The monoisotopic (exact) mass is 452 g/mol. The second kappa shape index (κ2) is 7.33. The molecule has 148 valence electrons. The highest BCUT2D eigenvalue weighted by Crippen LogP contribution is 2.58. The molecule has 3 unspecified atom stereocenters. The minimum absolute atomic E-state index is 0.0101. The van der Waals surface area contributed by atoms with E-state index < -0.39 is 17.2 Å². The van der Waals surface area contributed by atoms with Gasteiger partial charge in [0.25, 0.3) is 0 Å².